The van der Waals surface area contributed by atoms with Crippen molar-refractivity contribution in [3.05, 3.63) is 64.2 Å². The average molecular weight is 455 g/mol. The first-order chi connectivity index (χ1) is 15.5. The van der Waals surface area contributed by atoms with Crippen LogP contribution in [0.1, 0.15) is 40.0 Å². The van der Waals surface area contributed by atoms with Gasteiger partial charge in [-0.1, -0.05) is 24.3 Å². The van der Waals surface area contributed by atoms with Crippen molar-refractivity contribution in [2.45, 2.75) is 19.3 Å². The molecular weight excluding hydrogens is 432 g/mol. The number of carbonyl (C=O) groups is 2. The molecular formula is C23H22N2O6S. The molecule has 0 atom stereocenters. The van der Waals surface area contributed by atoms with Crippen LogP contribution in [-0.4, -0.2) is 51.2 Å². The molecule has 32 heavy (non-hydrogen) atoms. The van der Waals surface area contributed by atoms with E-state index in [1.807, 2.05) is 0 Å². The first kappa shape index (κ1) is 20.6. The number of sulfonamides is 1. The molecule has 2 aromatic carbocycles. The van der Waals surface area contributed by atoms with Gasteiger partial charge in [0.2, 0.25) is 11.6 Å². The van der Waals surface area contributed by atoms with Gasteiger partial charge in [-0.3, -0.25) is 14.3 Å². The van der Waals surface area contributed by atoms with Crippen molar-refractivity contribution < 1.29 is 27.5 Å². The summed E-state index contributed by atoms with van der Waals surface area (Å²) < 4.78 is 40.5. The van der Waals surface area contributed by atoms with Gasteiger partial charge in [0.05, 0.1) is 5.69 Å². The van der Waals surface area contributed by atoms with Crippen LogP contribution in [0.3, 0.4) is 0 Å². The molecule has 1 N–H and O–H groups in total. The van der Waals surface area contributed by atoms with Gasteiger partial charge in [0.15, 0.2) is 16.4 Å². The van der Waals surface area contributed by atoms with Crippen molar-refractivity contribution >= 4 is 27.3 Å². The number of hydrogen-bond donors (Lipinski definition) is 1. The summed E-state index contributed by atoms with van der Waals surface area (Å²) in [4.78, 5) is 28.0. The van der Waals surface area contributed by atoms with Crippen LogP contribution in [0.15, 0.2) is 53.1 Å². The summed E-state index contributed by atoms with van der Waals surface area (Å²) in [6.45, 7) is 1.83. The Kier molecular flexibility index (Phi) is 5.13. The Balaban J connectivity index is 1.60. The molecule has 1 fully saturated rings. The SMILES string of the molecule is O=C1C(N2CCCCC2)=C(S(=O)(=O)Nc2ccc3c(c2)OCCO3)C(=O)c2ccccc21. The zero-order valence-electron chi connectivity index (χ0n) is 17.3. The smallest absolute Gasteiger partial charge is 0.268 e. The van der Waals surface area contributed by atoms with Crippen LogP contribution >= 0.6 is 0 Å². The molecule has 2 heterocycles. The van der Waals surface area contributed by atoms with Crippen LogP contribution in [0.25, 0.3) is 0 Å². The van der Waals surface area contributed by atoms with Crippen LogP contribution in [0.4, 0.5) is 5.69 Å². The van der Waals surface area contributed by atoms with E-state index in [9.17, 15) is 18.0 Å². The molecule has 5 rings (SSSR count). The van der Waals surface area contributed by atoms with Crippen LogP contribution in [0.5, 0.6) is 11.5 Å². The van der Waals surface area contributed by atoms with E-state index in [2.05, 4.69) is 4.72 Å². The zero-order chi connectivity index (χ0) is 22.3. The number of ketones is 2. The first-order valence-electron chi connectivity index (χ1n) is 10.6. The highest BCUT2D eigenvalue weighted by Crippen LogP contribution is 2.36. The number of allylic oxidation sites excluding steroid dienone is 2. The number of anilines is 1. The molecule has 9 heteroatoms. The molecule has 0 radical (unpaired) electrons. The van der Waals surface area contributed by atoms with E-state index in [1.165, 1.54) is 18.2 Å². The lowest BCUT2D eigenvalue weighted by atomic mass is 9.91. The van der Waals surface area contributed by atoms with Crippen molar-refractivity contribution in [1.29, 1.82) is 0 Å². The highest BCUT2D eigenvalue weighted by molar-refractivity contribution is 7.97. The zero-order valence-corrected chi connectivity index (χ0v) is 18.1. The molecule has 0 amide bonds. The van der Waals surface area contributed by atoms with E-state index < -0.39 is 26.5 Å². The predicted molar refractivity (Wildman–Crippen MR) is 118 cm³/mol. The Bertz CT molecular complexity index is 1240. The molecule has 2 aliphatic heterocycles. The number of Topliss-reactive ketones (excluding diaryl/α,β-unsaturated/α-hetero) is 2. The second kappa shape index (κ2) is 7.98. The van der Waals surface area contributed by atoms with Crippen molar-refractivity contribution in [3.63, 3.8) is 0 Å². The Morgan fingerprint density at radius 2 is 1.47 bits per heavy atom. The van der Waals surface area contributed by atoms with Gasteiger partial charge >= 0.3 is 0 Å². The van der Waals surface area contributed by atoms with E-state index in [4.69, 9.17) is 9.47 Å². The largest absolute Gasteiger partial charge is 0.486 e. The number of benzene rings is 2. The quantitative estimate of drug-likeness (QED) is 0.758. The van der Waals surface area contributed by atoms with Gasteiger partial charge < -0.3 is 14.4 Å². The summed E-state index contributed by atoms with van der Waals surface area (Å²) in [6.07, 6.45) is 2.66. The molecule has 0 aromatic heterocycles. The van der Waals surface area contributed by atoms with E-state index in [0.717, 1.165) is 19.3 Å². The van der Waals surface area contributed by atoms with Gasteiger partial charge in [-0.25, -0.2) is 8.42 Å². The van der Waals surface area contributed by atoms with Crippen LogP contribution in [0.2, 0.25) is 0 Å². The lowest BCUT2D eigenvalue weighted by Gasteiger charge is -2.33. The standard InChI is InChI=1S/C23H22N2O6S/c26-21-16-6-2-3-7-17(16)22(27)23(20(21)25-10-4-1-5-11-25)32(28,29)24-15-8-9-18-19(14-15)31-13-12-30-18/h2-3,6-9,14,24H,1,4-5,10-13H2. The summed E-state index contributed by atoms with van der Waals surface area (Å²) >= 11 is 0. The first-order valence-corrected chi connectivity index (χ1v) is 12.0. The fourth-order valence-corrected chi connectivity index (χ4v) is 5.68. The van der Waals surface area contributed by atoms with Crippen molar-refractivity contribution in [2.75, 3.05) is 31.0 Å². The number of hydrogen-bond acceptors (Lipinski definition) is 7. The molecule has 166 valence electrons. The van der Waals surface area contributed by atoms with Crippen LogP contribution in [-0.2, 0) is 10.0 Å². The predicted octanol–water partition coefficient (Wildman–Crippen LogP) is 2.98. The molecule has 0 saturated carbocycles. The number of nitrogens with one attached hydrogen (secondary N) is 1. The maximum Gasteiger partial charge on any atom is 0.268 e. The molecule has 1 saturated heterocycles. The number of likely N-dealkylation sites (tertiary alicyclic amines) is 1. The Morgan fingerprint density at radius 1 is 0.812 bits per heavy atom. The maximum absolute atomic E-state index is 13.5. The topological polar surface area (TPSA) is 102 Å². The van der Waals surface area contributed by atoms with Crippen molar-refractivity contribution in [3.8, 4) is 11.5 Å². The summed E-state index contributed by atoms with van der Waals surface area (Å²) in [7, 11) is -4.37. The summed E-state index contributed by atoms with van der Waals surface area (Å²) in [5.41, 5.74) is 0.509. The summed E-state index contributed by atoms with van der Waals surface area (Å²) in [5.74, 6) is -0.182. The number of ether oxygens (including phenoxy) is 2. The van der Waals surface area contributed by atoms with Crippen molar-refractivity contribution in [2.24, 2.45) is 0 Å². The Labute approximate surface area is 185 Å². The number of nitrogens with zero attached hydrogens (tertiary/aromatic N) is 1. The summed E-state index contributed by atoms with van der Waals surface area (Å²) in [5, 5.41) is 0. The lowest BCUT2D eigenvalue weighted by molar-refractivity contribution is 0.0939. The minimum absolute atomic E-state index is 0.0431. The highest BCUT2D eigenvalue weighted by atomic mass is 32.2. The minimum Gasteiger partial charge on any atom is -0.486 e. The fraction of sp³-hybridized carbons (Fsp3) is 0.304. The molecule has 0 unspecified atom stereocenters. The Hall–Kier alpha value is -3.33. The molecule has 2 aromatic rings. The number of rotatable bonds is 4. The minimum atomic E-state index is -4.37. The van der Waals surface area contributed by atoms with E-state index in [0.29, 0.717) is 37.8 Å². The normalized spacial score (nSPS) is 18.4. The van der Waals surface area contributed by atoms with E-state index >= 15 is 0 Å². The van der Waals surface area contributed by atoms with E-state index in [1.54, 1.807) is 29.2 Å². The maximum atomic E-state index is 13.5. The third kappa shape index (κ3) is 3.52. The fourth-order valence-electron chi connectivity index (χ4n) is 4.31. The molecule has 0 spiro atoms. The van der Waals surface area contributed by atoms with Gasteiger partial charge in [-0.15, -0.1) is 0 Å². The number of carbonyl (C=O) groups excluding carboxylic acids is 2. The van der Waals surface area contributed by atoms with Gasteiger partial charge in [0.25, 0.3) is 10.0 Å². The average Bonchev–Trinajstić information content (AvgIpc) is 2.81. The number of fused-ring (bicyclic) bond motifs is 2. The van der Waals surface area contributed by atoms with Crippen LogP contribution < -0.4 is 14.2 Å². The summed E-state index contributed by atoms with van der Waals surface area (Å²) in [6, 6.07) is 11.0. The third-order valence-electron chi connectivity index (χ3n) is 5.79. The van der Waals surface area contributed by atoms with Gasteiger partial charge in [0.1, 0.15) is 18.9 Å². The monoisotopic (exact) mass is 454 g/mol. The second-order valence-corrected chi connectivity index (χ2v) is 9.51. The van der Waals surface area contributed by atoms with Gasteiger partial charge in [0, 0.05) is 30.3 Å². The number of piperidine rings is 1. The van der Waals surface area contributed by atoms with E-state index in [-0.39, 0.29) is 22.5 Å². The highest BCUT2D eigenvalue weighted by Gasteiger charge is 2.41. The lowest BCUT2D eigenvalue weighted by Crippen LogP contribution is -2.40. The van der Waals surface area contributed by atoms with Gasteiger partial charge in [-0.2, -0.15) is 0 Å². The molecule has 3 aliphatic rings. The molecule has 8 nitrogen and oxygen atoms in total. The third-order valence-corrected chi connectivity index (χ3v) is 7.21. The molecule has 0 bridgehead atoms. The molecule has 1 aliphatic carbocycles. The van der Waals surface area contributed by atoms with Gasteiger partial charge in [-0.05, 0) is 31.4 Å². The van der Waals surface area contributed by atoms with Crippen LogP contribution in [0, 0.1) is 0 Å². The van der Waals surface area contributed by atoms with Crippen molar-refractivity contribution in [1.82, 2.24) is 4.90 Å². The second-order valence-electron chi connectivity index (χ2n) is 7.89. The Morgan fingerprint density at radius 3 is 2.19 bits per heavy atom.